The van der Waals surface area contributed by atoms with Crippen LogP contribution in [-0.2, 0) is 13.0 Å². The van der Waals surface area contributed by atoms with Crippen molar-refractivity contribution in [3.63, 3.8) is 0 Å². The van der Waals surface area contributed by atoms with Crippen molar-refractivity contribution in [2.75, 3.05) is 7.11 Å². The molecule has 47 heavy (non-hydrogen) atoms. The van der Waals surface area contributed by atoms with Crippen molar-refractivity contribution >= 4 is 22.4 Å². The Labute approximate surface area is 273 Å². The summed E-state index contributed by atoms with van der Waals surface area (Å²) in [5, 5.41) is 9.35. The Morgan fingerprint density at radius 2 is 1.60 bits per heavy atom. The normalized spacial score (nSPS) is 11.7. The number of rotatable bonds is 9. The molecule has 0 saturated heterocycles. The summed E-state index contributed by atoms with van der Waals surface area (Å²) in [5.74, 6) is 1.49. The smallest absolute Gasteiger partial charge is 0.296 e. The largest absolute Gasteiger partial charge is 0.497 e. The van der Waals surface area contributed by atoms with Gasteiger partial charge < -0.3 is 9.47 Å². The first-order valence-corrected chi connectivity index (χ1v) is 15.8. The minimum atomic E-state index is -0.462. The standard InChI is InChI=1S/C37H29N5O4S/c1-24-19-27(15-18-32(24)46-23-26-9-5-3-6-10-26)34-28(22-41(40-34)29-11-7-4-8-12-29)21-33-36(44)42-37(47-33)38-35(43)31(39-42)20-25-13-16-30(45-2)17-14-25/h3-19,21-22H,20,23H2,1-2H3. The molecule has 232 valence electrons. The summed E-state index contributed by atoms with van der Waals surface area (Å²) in [5.41, 5.74) is 5.46. The highest BCUT2D eigenvalue weighted by Crippen LogP contribution is 2.29. The van der Waals surface area contributed by atoms with E-state index in [1.165, 1.54) is 4.52 Å². The van der Waals surface area contributed by atoms with Gasteiger partial charge in [0.25, 0.3) is 11.1 Å². The molecule has 10 heteroatoms. The van der Waals surface area contributed by atoms with E-state index in [1.807, 2.05) is 116 Å². The van der Waals surface area contributed by atoms with Crippen LogP contribution in [0.1, 0.15) is 27.9 Å². The molecule has 0 aliphatic carbocycles. The number of aromatic nitrogens is 5. The molecule has 3 heterocycles. The van der Waals surface area contributed by atoms with Gasteiger partial charge in [-0.25, -0.2) is 4.68 Å². The van der Waals surface area contributed by atoms with Crippen molar-refractivity contribution in [1.82, 2.24) is 24.4 Å². The van der Waals surface area contributed by atoms with E-state index in [2.05, 4.69) is 10.1 Å². The number of methoxy groups -OCH3 is 1. The second kappa shape index (κ2) is 12.9. The molecular weight excluding hydrogens is 611 g/mol. The predicted molar refractivity (Wildman–Crippen MR) is 182 cm³/mol. The molecule has 0 unspecified atom stereocenters. The van der Waals surface area contributed by atoms with Gasteiger partial charge in [0.1, 0.15) is 29.5 Å². The minimum Gasteiger partial charge on any atom is -0.497 e. The van der Waals surface area contributed by atoms with E-state index in [9.17, 15) is 9.59 Å². The first-order chi connectivity index (χ1) is 22.9. The summed E-state index contributed by atoms with van der Waals surface area (Å²) in [6.07, 6.45) is 3.92. The fourth-order valence-electron chi connectivity index (χ4n) is 5.25. The Morgan fingerprint density at radius 1 is 0.851 bits per heavy atom. The van der Waals surface area contributed by atoms with E-state index in [-0.39, 0.29) is 22.6 Å². The Balaban J connectivity index is 1.27. The van der Waals surface area contributed by atoms with Crippen LogP contribution in [0.5, 0.6) is 11.5 Å². The third-order valence-corrected chi connectivity index (χ3v) is 8.68. The molecule has 0 fully saturated rings. The number of thiazole rings is 1. The van der Waals surface area contributed by atoms with Crippen LogP contribution >= 0.6 is 11.3 Å². The molecule has 0 bridgehead atoms. The van der Waals surface area contributed by atoms with Crippen LogP contribution in [0, 0.1) is 6.92 Å². The van der Waals surface area contributed by atoms with Gasteiger partial charge in [0, 0.05) is 23.7 Å². The second-order valence-corrected chi connectivity index (χ2v) is 12.0. The third kappa shape index (κ3) is 6.31. The van der Waals surface area contributed by atoms with Gasteiger partial charge in [-0.1, -0.05) is 72.0 Å². The molecule has 0 atom stereocenters. The molecule has 4 aromatic carbocycles. The molecule has 0 N–H and O–H groups in total. The van der Waals surface area contributed by atoms with Gasteiger partial charge in [-0.15, -0.1) is 0 Å². The molecule has 7 aromatic rings. The van der Waals surface area contributed by atoms with Crippen molar-refractivity contribution in [2.45, 2.75) is 20.0 Å². The Bertz CT molecular complexity index is 2370. The van der Waals surface area contributed by atoms with Crippen molar-refractivity contribution in [3.05, 3.63) is 163 Å². The van der Waals surface area contributed by atoms with Crippen LogP contribution in [0.25, 0.3) is 28.0 Å². The van der Waals surface area contributed by atoms with Gasteiger partial charge in [0.2, 0.25) is 4.96 Å². The van der Waals surface area contributed by atoms with Crippen molar-refractivity contribution in [3.8, 4) is 28.4 Å². The number of benzene rings is 4. The lowest BCUT2D eigenvalue weighted by molar-refractivity contribution is 0.304. The maximum Gasteiger partial charge on any atom is 0.296 e. The highest BCUT2D eigenvalue weighted by atomic mass is 32.1. The summed E-state index contributed by atoms with van der Waals surface area (Å²) in [6.45, 7) is 2.47. The lowest BCUT2D eigenvalue weighted by Gasteiger charge is -2.10. The molecule has 0 amide bonds. The lowest BCUT2D eigenvalue weighted by atomic mass is 10.0. The summed E-state index contributed by atoms with van der Waals surface area (Å²) >= 11 is 1.12. The molecular formula is C37H29N5O4S. The van der Waals surface area contributed by atoms with Gasteiger partial charge in [0.05, 0.1) is 17.3 Å². The van der Waals surface area contributed by atoms with E-state index in [4.69, 9.17) is 14.6 Å². The zero-order valence-corrected chi connectivity index (χ0v) is 26.5. The Morgan fingerprint density at radius 3 is 2.32 bits per heavy atom. The van der Waals surface area contributed by atoms with E-state index >= 15 is 0 Å². The zero-order chi connectivity index (χ0) is 32.3. The number of fused-ring (bicyclic) bond motifs is 1. The van der Waals surface area contributed by atoms with Crippen LogP contribution < -0.4 is 25.1 Å². The Kier molecular flexibility index (Phi) is 8.16. The summed E-state index contributed by atoms with van der Waals surface area (Å²) in [6, 6.07) is 33.1. The molecule has 0 spiro atoms. The lowest BCUT2D eigenvalue weighted by Crippen LogP contribution is -2.28. The third-order valence-electron chi connectivity index (χ3n) is 7.72. The number of hydrogen-bond donors (Lipinski definition) is 0. The molecule has 9 nitrogen and oxygen atoms in total. The minimum absolute atomic E-state index is 0.191. The summed E-state index contributed by atoms with van der Waals surface area (Å²) in [4.78, 5) is 30.9. The average Bonchev–Trinajstić information content (AvgIpc) is 3.66. The van der Waals surface area contributed by atoms with Gasteiger partial charge >= 0.3 is 0 Å². The molecule has 0 saturated carbocycles. The van der Waals surface area contributed by atoms with Gasteiger partial charge in [-0.3, -0.25) is 9.59 Å². The van der Waals surface area contributed by atoms with Crippen LogP contribution in [-0.4, -0.2) is 31.5 Å². The molecule has 7 rings (SSSR count). The van der Waals surface area contributed by atoms with E-state index in [1.54, 1.807) is 17.9 Å². The SMILES string of the molecule is COc1ccc(Cc2nn3c(=O)c(=Cc4cn(-c5ccccc5)nc4-c4ccc(OCc5ccccc5)c(C)c4)sc3nc2=O)cc1. The average molecular weight is 640 g/mol. The maximum atomic E-state index is 13.6. The summed E-state index contributed by atoms with van der Waals surface area (Å²) < 4.78 is 14.7. The number of aryl methyl sites for hydroxylation is 1. The van der Waals surface area contributed by atoms with Crippen LogP contribution in [0.15, 0.2) is 119 Å². The highest BCUT2D eigenvalue weighted by molar-refractivity contribution is 7.15. The molecule has 0 aliphatic heterocycles. The van der Waals surface area contributed by atoms with E-state index in [0.29, 0.717) is 22.6 Å². The predicted octanol–water partition coefficient (Wildman–Crippen LogP) is 5.40. The maximum absolute atomic E-state index is 13.6. The summed E-state index contributed by atoms with van der Waals surface area (Å²) in [7, 11) is 1.59. The fourth-order valence-corrected chi connectivity index (χ4v) is 6.15. The van der Waals surface area contributed by atoms with Gasteiger partial charge in [0.15, 0.2) is 0 Å². The number of ether oxygens (including phenoxy) is 2. The van der Waals surface area contributed by atoms with E-state index in [0.717, 1.165) is 50.6 Å². The molecule has 3 aromatic heterocycles. The van der Waals surface area contributed by atoms with Crippen molar-refractivity contribution in [2.24, 2.45) is 0 Å². The monoisotopic (exact) mass is 639 g/mol. The first kappa shape index (κ1) is 29.8. The number of hydrogen-bond acceptors (Lipinski definition) is 8. The quantitative estimate of drug-likeness (QED) is 0.209. The number of nitrogens with zero attached hydrogens (tertiary/aromatic N) is 5. The van der Waals surface area contributed by atoms with Crippen molar-refractivity contribution in [1.29, 1.82) is 0 Å². The fraction of sp³-hybridized carbons (Fsp3) is 0.108. The Hall–Kier alpha value is -5.87. The van der Waals surface area contributed by atoms with Crippen LogP contribution in [0.2, 0.25) is 0 Å². The van der Waals surface area contributed by atoms with Crippen LogP contribution in [0.4, 0.5) is 0 Å². The second-order valence-electron chi connectivity index (χ2n) is 11.0. The van der Waals surface area contributed by atoms with Gasteiger partial charge in [-0.2, -0.15) is 19.7 Å². The van der Waals surface area contributed by atoms with Gasteiger partial charge in [-0.05, 0) is 72.2 Å². The van der Waals surface area contributed by atoms with Crippen molar-refractivity contribution < 1.29 is 9.47 Å². The highest BCUT2D eigenvalue weighted by Gasteiger charge is 2.16. The first-order valence-electron chi connectivity index (χ1n) is 15.0. The molecule has 0 radical (unpaired) electrons. The van der Waals surface area contributed by atoms with Crippen LogP contribution in [0.3, 0.4) is 0 Å². The van der Waals surface area contributed by atoms with E-state index < -0.39 is 5.56 Å². The number of para-hydroxylation sites is 1. The molecule has 0 aliphatic rings. The topological polar surface area (TPSA) is 101 Å². The zero-order valence-electron chi connectivity index (χ0n) is 25.7.